The molecular weight excluding hydrogens is 420 g/mol. The minimum absolute atomic E-state index is 0.652. The van der Waals surface area contributed by atoms with Crippen LogP contribution < -0.4 is 0 Å². The van der Waals surface area contributed by atoms with Gasteiger partial charge in [0.25, 0.3) is 0 Å². The Kier molecular flexibility index (Phi) is 25.4. The molecule has 0 fully saturated rings. The van der Waals surface area contributed by atoms with E-state index in [4.69, 9.17) is 20.5 Å². The topological polar surface area (TPSA) is 18.5 Å². The van der Waals surface area contributed by atoms with Crippen LogP contribution in [0.25, 0.3) is 0 Å². The lowest BCUT2D eigenvalue weighted by atomic mass is 10.1. The summed E-state index contributed by atoms with van der Waals surface area (Å²) in [5, 5.41) is 0. The highest BCUT2D eigenvalue weighted by molar-refractivity contribution is 6.66. The number of unbranched alkanes of at least 4 members (excludes halogenated alkanes) is 18. The normalized spacial score (nSPS) is 12.0. The maximum Gasteiger partial charge on any atom is 0.336 e. The SMILES string of the molecule is CCCCCCCCCCCCO[Si](C)(CCCl)OCCCCCCCCCCCC. The lowest BCUT2D eigenvalue weighted by molar-refractivity contribution is 0.168. The zero-order valence-electron chi connectivity index (χ0n) is 21.7. The molecule has 0 aliphatic heterocycles. The van der Waals surface area contributed by atoms with Crippen LogP contribution in [-0.4, -0.2) is 27.7 Å². The number of halogens is 1. The van der Waals surface area contributed by atoms with Crippen molar-refractivity contribution in [2.24, 2.45) is 0 Å². The van der Waals surface area contributed by atoms with Crippen LogP contribution >= 0.6 is 11.6 Å². The van der Waals surface area contributed by atoms with Crippen LogP contribution in [-0.2, 0) is 8.85 Å². The van der Waals surface area contributed by atoms with Gasteiger partial charge in [0.2, 0.25) is 0 Å². The minimum atomic E-state index is -2.07. The zero-order chi connectivity index (χ0) is 22.9. The molecule has 0 aromatic carbocycles. The fourth-order valence-corrected chi connectivity index (χ4v) is 7.01. The van der Waals surface area contributed by atoms with E-state index in [2.05, 4.69) is 20.4 Å². The second kappa shape index (κ2) is 25.1. The fraction of sp³-hybridized carbons (Fsp3) is 1.00. The first-order valence-corrected chi connectivity index (χ1v) is 17.1. The molecule has 4 heteroatoms. The van der Waals surface area contributed by atoms with E-state index in [1.807, 2.05) is 0 Å². The van der Waals surface area contributed by atoms with Crippen LogP contribution in [0.1, 0.15) is 142 Å². The van der Waals surface area contributed by atoms with Crippen molar-refractivity contribution in [2.45, 2.75) is 155 Å². The standard InChI is InChI=1S/C27H57ClO2Si/c1-4-6-8-10-12-14-16-18-20-22-25-29-31(3,27-24-28)30-26-23-21-19-17-15-13-11-9-7-5-2/h4-27H2,1-3H3. The summed E-state index contributed by atoms with van der Waals surface area (Å²) in [6, 6.07) is 0.907. The first kappa shape index (κ1) is 31.4. The molecule has 0 aliphatic carbocycles. The predicted octanol–water partition coefficient (Wildman–Crippen LogP) is 10.2. The third kappa shape index (κ3) is 23.4. The van der Waals surface area contributed by atoms with Crippen molar-refractivity contribution in [1.29, 1.82) is 0 Å². The monoisotopic (exact) mass is 476 g/mol. The molecule has 0 bridgehead atoms. The summed E-state index contributed by atoms with van der Waals surface area (Å²) in [4.78, 5) is 0. The van der Waals surface area contributed by atoms with Gasteiger partial charge in [-0.3, -0.25) is 0 Å². The summed E-state index contributed by atoms with van der Waals surface area (Å²) in [5.41, 5.74) is 0. The first-order valence-electron chi connectivity index (χ1n) is 14.0. The van der Waals surface area contributed by atoms with Crippen molar-refractivity contribution in [3.8, 4) is 0 Å². The van der Waals surface area contributed by atoms with E-state index in [-0.39, 0.29) is 0 Å². The first-order chi connectivity index (χ1) is 15.2. The number of alkyl halides is 1. The Morgan fingerprint density at radius 3 is 1.06 bits per heavy atom. The molecule has 0 heterocycles. The van der Waals surface area contributed by atoms with Gasteiger partial charge in [-0.1, -0.05) is 129 Å². The average molecular weight is 477 g/mol. The van der Waals surface area contributed by atoms with Crippen molar-refractivity contribution < 1.29 is 8.85 Å². The van der Waals surface area contributed by atoms with Crippen molar-refractivity contribution in [3.05, 3.63) is 0 Å². The van der Waals surface area contributed by atoms with Crippen LogP contribution in [0.15, 0.2) is 0 Å². The number of rotatable bonds is 26. The van der Waals surface area contributed by atoms with Crippen LogP contribution in [0.5, 0.6) is 0 Å². The van der Waals surface area contributed by atoms with Crippen molar-refractivity contribution in [2.75, 3.05) is 19.1 Å². The van der Waals surface area contributed by atoms with Gasteiger partial charge in [0.1, 0.15) is 0 Å². The summed E-state index contributed by atoms with van der Waals surface area (Å²) in [5.74, 6) is 0.652. The number of hydrogen-bond acceptors (Lipinski definition) is 2. The highest BCUT2D eigenvalue weighted by Crippen LogP contribution is 2.18. The summed E-state index contributed by atoms with van der Waals surface area (Å²) in [6.45, 7) is 8.49. The Hall–Kier alpha value is 0.427. The molecule has 0 radical (unpaired) electrons. The van der Waals surface area contributed by atoms with Gasteiger partial charge in [-0.05, 0) is 19.4 Å². The zero-order valence-corrected chi connectivity index (χ0v) is 23.4. The molecule has 0 aromatic rings. The maximum absolute atomic E-state index is 6.27. The minimum Gasteiger partial charge on any atom is -0.394 e. The predicted molar refractivity (Wildman–Crippen MR) is 143 cm³/mol. The van der Waals surface area contributed by atoms with Gasteiger partial charge in [-0.25, -0.2) is 0 Å². The Morgan fingerprint density at radius 2 is 0.774 bits per heavy atom. The molecule has 0 aromatic heterocycles. The molecule has 0 saturated carbocycles. The molecule has 0 unspecified atom stereocenters. The summed E-state index contributed by atoms with van der Waals surface area (Å²) in [7, 11) is -2.07. The molecule has 31 heavy (non-hydrogen) atoms. The Balaban J connectivity index is 3.58. The molecule has 0 amide bonds. The maximum atomic E-state index is 6.27. The third-order valence-corrected chi connectivity index (χ3v) is 9.65. The van der Waals surface area contributed by atoms with Crippen molar-refractivity contribution >= 4 is 20.2 Å². The van der Waals surface area contributed by atoms with E-state index in [1.165, 1.54) is 128 Å². The van der Waals surface area contributed by atoms with E-state index < -0.39 is 8.56 Å². The van der Waals surface area contributed by atoms with Crippen molar-refractivity contribution in [1.82, 2.24) is 0 Å². The van der Waals surface area contributed by atoms with E-state index >= 15 is 0 Å². The number of hydrogen-bond donors (Lipinski definition) is 0. The van der Waals surface area contributed by atoms with Gasteiger partial charge in [-0.2, -0.15) is 0 Å². The van der Waals surface area contributed by atoms with Gasteiger partial charge in [-0.15, -0.1) is 11.6 Å². The van der Waals surface area contributed by atoms with Gasteiger partial charge in [0.05, 0.1) is 0 Å². The van der Waals surface area contributed by atoms with Crippen LogP contribution in [0.4, 0.5) is 0 Å². The Labute approximate surface area is 202 Å². The second-order valence-corrected chi connectivity index (χ2v) is 13.4. The van der Waals surface area contributed by atoms with Crippen LogP contribution in [0, 0.1) is 0 Å². The Morgan fingerprint density at radius 1 is 0.484 bits per heavy atom. The van der Waals surface area contributed by atoms with Gasteiger partial charge < -0.3 is 8.85 Å². The molecule has 0 aliphatic rings. The molecule has 0 saturated heterocycles. The molecule has 0 N–H and O–H groups in total. The smallest absolute Gasteiger partial charge is 0.336 e. The van der Waals surface area contributed by atoms with E-state index in [0.29, 0.717) is 5.88 Å². The molecule has 188 valence electrons. The summed E-state index contributed by atoms with van der Waals surface area (Å²) < 4.78 is 12.5. The van der Waals surface area contributed by atoms with Crippen LogP contribution in [0.2, 0.25) is 12.6 Å². The molecule has 0 atom stereocenters. The lowest BCUT2D eigenvalue weighted by Crippen LogP contribution is -2.39. The summed E-state index contributed by atoms with van der Waals surface area (Å²) in [6.07, 6.45) is 27.2. The van der Waals surface area contributed by atoms with Gasteiger partial charge in [0.15, 0.2) is 0 Å². The largest absolute Gasteiger partial charge is 0.394 e. The fourth-order valence-electron chi connectivity index (χ4n) is 4.11. The quantitative estimate of drug-likeness (QED) is 0.0701. The van der Waals surface area contributed by atoms with Gasteiger partial charge in [0, 0.05) is 25.1 Å². The summed E-state index contributed by atoms with van der Waals surface area (Å²) >= 11 is 6.05. The van der Waals surface area contributed by atoms with Gasteiger partial charge >= 0.3 is 8.56 Å². The lowest BCUT2D eigenvalue weighted by Gasteiger charge is -2.26. The molecule has 2 nitrogen and oxygen atoms in total. The third-order valence-electron chi connectivity index (χ3n) is 6.36. The van der Waals surface area contributed by atoms with Crippen LogP contribution in [0.3, 0.4) is 0 Å². The molecule has 0 rings (SSSR count). The Bertz CT molecular complexity index is 315. The van der Waals surface area contributed by atoms with E-state index in [1.54, 1.807) is 0 Å². The average Bonchev–Trinajstić information content (AvgIpc) is 2.76. The van der Waals surface area contributed by atoms with E-state index in [9.17, 15) is 0 Å². The molecular formula is C27H57ClO2Si. The highest BCUT2D eigenvalue weighted by Gasteiger charge is 2.30. The van der Waals surface area contributed by atoms with Crippen molar-refractivity contribution in [3.63, 3.8) is 0 Å². The second-order valence-electron chi connectivity index (χ2n) is 9.63. The molecule has 0 spiro atoms. The van der Waals surface area contributed by atoms with E-state index in [0.717, 1.165) is 19.3 Å². The highest BCUT2D eigenvalue weighted by atomic mass is 35.5.